The minimum absolute atomic E-state index is 0.152. The molecule has 21 heavy (non-hydrogen) atoms. The van der Waals surface area contributed by atoms with Crippen molar-refractivity contribution in [2.75, 3.05) is 14.1 Å². The highest BCUT2D eigenvalue weighted by molar-refractivity contribution is 6.03. The number of aryl methyl sites for hydroxylation is 1. The van der Waals surface area contributed by atoms with Gasteiger partial charge in [-0.25, -0.2) is 0 Å². The van der Waals surface area contributed by atoms with E-state index in [1.807, 2.05) is 49.3 Å². The van der Waals surface area contributed by atoms with Crippen LogP contribution in [0, 0.1) is 6.92 Å². The van der Waals surface area contributed by atoms with Crippen LogP contribution in [0.25, 0.3) is 0 Å². The average Bonchev–Trinajstić information content (AvgIpc) is 2.50. The molecule has 1 unspecified atom stereocenters. The minimum Gasteiger partial charge on any atom is -0.293 e. The Morgan fingerprint density at radius 3 is 2.05 bits per heavy atom. The number of hydrogen-bond acceptors (Lipinski definition) is 2. The van der Waals surface area contributed by atoms with Gasteiger partial charge < -0.3 is 0 Å². The van der Waals surface area contributed by atoms with E-state index in [1.165, 1.54) is 5.56 Å². The molecule has 0 N–H and O–H groups in total. The molecule has 0 saturated heterocycles. The van der Waals surface area contributed by atoms with Gasteiger partial charge in [0.05, 0.1) is 0 Å². The first kappa shape index (κ1) is 15.5. The Hall–Kier alpha value is -1.93. The molecule has 0 aliphatic rings. The quantitative estimate of drug-likeness (QED) is 0.771. The zero-order chi connectivity index (χ0) is 15.5. The Bertz CT molecular complexity index is 601. The van der Waals surface area contributed by atoms with Gasteiger partial charge in [-0.1, -0.05) is 67.1 Å². The Kier molecular flexibility index (Phi) is 4.59. The van der Waals surface area contributed by atoms with E-state index in [1.54, 1.807) is 0 Å². The molecule has 0 aromatic heterocycles. The van der Waals surface area contributed by atoms with Crippen molar-refractivity contribution in [2.24, 2.45) is 0 Å². The highest BCUT2D eigenvalue weighted by Gasteiger charge is 2.40. The number of rotatable bonds is 5. The molecule has 2 nitrogen and oxygen atoms in total. The summed E-state index contributed by atoms with van der Waals surface area (Å²) in [4.78, 5) is 15.2. The Morgan fingerprint density at radius 1 is 1.00 bits per heavy atom. The number of benzene rings is 2. The van der Waals surface area contributed by atoms with Crippen LogP contribution in [0.4, 0.5) is 0 Å². The fraction of sp³-hybridized carbons (Fsp3) is 0.316. The molecule has 0 amide bonds. The molecule has 2 aromatic carbocycles. The summed E-state index contributed by atoms with van der Waals surface area (Å²) in [6.45, 7) is 4.13. The summed E-state index contributed by atoms with van der Waals surface area (Å²) in [5, 5.41) is 0. The number of carbonyl (C=O) groups is 1. The van der Waals surface area contributed by atoms with Gasteiger partial charge in [0, 0.05) is 5.56 Å². The third-order valence-electron chi connectivity index (χ3n) is 4.22. The summed E-state index contributed by atoms with van der Waals surface area (Å²) in [6.07, 6.45) is 0.733. The molecule has 110 valence electrons. The third kappa shape index (κ3) is 2.77. The molecule has 0 heterocycles. The second-order valence-corrected chi connectivity index (χ2v) is 5.67. The molecule has 2 rings (SSSR count). The first-order valence-electron chi connectivity index (χ1n) is 7.36. The lowest BCUT2D eigenvalue weighted by molar-refractivity contribution is 0.0660. The molecule has 0 spiro atoms. The van der Waals surface area contributed by atoms with Gasteiger partial charge in [0.15, 0.2) is 5.78 Å². The standard InChI is InChI=1S/C19H23NO/c1-5-19(20(3)4,17-13-11-15(2)12-14-17)18(21)16-9-7-6-8-10-16/h6-14H,5H2,1-4H3. The SMILES string of the molecule is CCC(C(=O)c1ccccc1)(c1ccc(C)cc1)N(C)C. The number of Topliss-reactive ketones (excluding diaryl/α,β-unsaturated/α-hetero) is 1. The predicted molar refractivity (Wildman–Crippen MR) is 87.6 cm³/mol. The molecule has 0 bridgehead atoms. The van der Waals surface area contributed by atoms with Crippen molar-refractivity contribution >= 4 is 5.78 Å². The molecule has 1 atom stereocenters. The molecule has 0 saturated carbocycles. The van der Waals surface area contributed by atoms with Crippen LogP contribution in [0.3, 0.4) is 0 Å². The van der Waals surface area contributed by atoms with Gasteiger partial charge in [-0.15, -0.1) is 0 Å². The summed E-state index contributed by atoms with van der Waals surface area (Å²) in [5.74, 6) is 0.152. The smallest absolute Gasteiger partial charge is 0.187 e. The fourth-order valence-corrected chi connectivity index (χ4v) is 2.93. The third-order valence-corrected chi connectivity index (χ3v) is 4.22. The summed E-state index contributed by atoms with van der Waals surface area (Å²) in [7, 11) is 3.95. The summed E-state index contributed by atoms with van der Waals surface area (Å²) in [6, 6.07) is 17.8. The molecule has 0 aliphatic heterocycles. The zero-order valence-electron chi connectivity index (χ0n) is 13.3. The highest BCUT2D eigenvalue weighted by atomic mass is 16.1. The lowest BCUT2D eigenvalue weighted by Crippen LogP contribution is -2.48. The van der Waals surface area contributed by atoms with E-state index in [0.717, 1.165) is 17.5 Å². The van der Waals surface area contributed by atoms with Crippen molar-refractivity contribution in [1.29, 1.82) is 0 Å². The van der Waals surface area contributed by atoms with Gasteiger partial charge in [-0.05, 0) is 33.0 Å². The highest BCUT2D eigenvalue weighted by Crippen LogP contribution is 2.34. The Balaban J connectivity index is 2.57. The maximum Gasteiger partial charge on any atom is 0.187 e. The van der Waals surface area contributed by atoms with Gasteiger partial charge in [-0.2, -0.15) is 0 Å². The monoisotopic (exact) mass is 281 g/mol. The van der Waals surface area contributed by atoms with E-state index >= 15 is 0 Å². The van der Waals surface area contributed by atoms with Gasteiger partial charge in [0.1, 0.15) is 5.54 Å². The Morgan fingerprint density at radius 2 is 1.57 bits per heavy atom. The molecule has 0 aliphatic carbocycles. The molecule has 2 heteroatoms. The van der Waals surface area contributed by atoms with E-state index in [0.29, 0.717) is 0 Å². The summed E-state index contributed by atoms with van der Waals surface area (Å²) in [5.41, 5.74) is 2.40. The van der Waals surface area contributed by atoms with Crippen molar-refractivity contribution in [3.63, 3.8) is 0 Å². The van der Waals surface area contributed by atoms with Crippen LogP contribution in [0.5, 0.6) is 0 Å². The van der Waals surface area contributed by atoms with Crippen molar-refractivity contribution in [1.82, 2.24) is 4.90 Å². The molecule has 2 aromatic rings. The molecular weight excluding hydrogens is 258 g/mol. The van der Waals surface area contributed by atoms with Crippen molar-refractivity contribution in [2.45, 2.75) is 25.8 Å². The first-order chi connectivity index (χ1) is 10.0. The van der Waals surface area contributed by atoms with Crippen LogP contribution in [0.15, 0.2) is 54.6 Å². The van der Waals surface area contributed by atoms with Crippen molar-refractivity contribution in [3.8, 4) is 0 Å². The van der Waals surface area contributed by atoms with Gasteiger partial charge in [0.2, 0.25) is 0 Å². The van der Waals surface area contributed by atoms with Crippen LogP contribution >= 0.6 is 0 Å². The number of ketones is 1. The molecular formula is C19H23NO. The summed E-state index contributed by atoms with van der Waals surface area (Å²) < 4.78 is 0. The molecule has 0 fully saturated rings. The fourth-order valence-electron chi connectivity index (χ4n) is 2.93. The maximum atomic E-state index is 13.2. The van der Waals surface area contributed by atoms with Crippen molar-refractivity contribution < 1.29 is 4.79 Å². The summed E-state index contributed by atoms with van der Waals surface area (Å²) >= 11 is 0. The zero-order valence-corrected chi connectivity index (χ0v) is 13.3. The number of likely N-dealkylation sites (N-methyl/N-ethyl adjacent to an activating group) is 1. The number of carbonyl (C=O) groups excluding carboxylic acids is 1. The van der Waals surface area contributed by atoms with E-state index in [2.05, 4.69) is 38.1 Å². The number of hydrogen-bond donors (Lipinski definition) is 0. The van der Waals surface area contributed by atoms with Crippen molar-refractivity contribution in [3.05, 3.63) is 71.3 Å². The van der Waals surface area contributed by atoms with E-state index in [9.17, 15) is 4.79 Å². The van der Waals surface area contributed by atoms with Crippen LogP contribution < -0.4 is 0 Å². The second-order valence-electron chi connectivity index (χ2n) is 5.67. The average molecular weight is 281 g/mol. The van der Waals surface area contributed by atoms with Gasteiger partial charge in [-0.3, -0.25) is 9.69 Å². The van der Waals surface area contributed by atoms with E-state index in [-0.39, 0.29) is 5.78 Å². The van der Waals surface area contributed by atoms with Crippen LogP contribution in [-0.2, 0) is 5.54 Å². The second kappa shape index (κ2) is 6.23. The molecule has 0 radical (unpaired) electrons. The van der Waals surface area contributed by atoms with Gasteiger partial charge in [0.25, 0.3) is 0 Å². The topological polar surface area (TPSA) is 20.3 Å². The minimum atomic E-state index is -0.616. The lowest BCUT2D eigenvalue weighted by Gasteiger charge is -2.38. The first-order valence-corrected chi connectivity index (χ1v) is 7.36. The Labute approximate surface area is 127 Å². The largest absolute Gasteiger partial charge is 0.293 e. The normalized spacial score (nSPS) is 14.0. The van der Waals surface area contributed by atoms with Crippen LogP contribution in [0.2, 0.25) is 0 Å². The maximum absolute atomic E-state index is 13.2. The number of nitrogens with zero attached hydrogens (tertiary/aromatic N) is 1. The van der Waals surface area contributed by atoms with Crippen LogP contribution in [-0.4, -0.2) is 24.8 Å². The van der Waals surface area contributed by atoms with Crippen LogP contribution in [0.1, 0.15) is 34.8 Å². The lowest BCUT2D eigenvalue weighted by atomic mass is 9.79. The van der Waals surface area contributed by atoms with Gasteiger partial charge >= 0.3 is 0 Å². The van der Waals surface area contributed by atoms with E-state index in [4.69, 9.17) is 0 Å². The predicted octanol–water partition coefficient (Wildman–Crippen LogP) is 4.04. The van der Waals surface area contributed by atoms with E-state index < -0.39 is 5.54 Å².